The molecule has 1 saturated heterocycles. The molecule has 0 atom stereocenters. The summed E-state index contributed by atoms with van der Waals surface area (Å²) < 4.78 is 5.45. The predicted octanol–water partition coefficient (Wildman–Crippen LogP) is 3.46. The molecular weight excluding hydrogens is 390 g/mol. The maximum atomic E-state index is 12.5. The van der Waals surface area contributed by atoms with Gasteiger partial charge in [-0.05, 0) is 40.2 Å². The highest BCUT2D eigenvalue weighted by Crippen LogP contribution is 2.26. The summed E-state index contributed by atoms with van der Waals surface area (Å²) in [7, 11) is 1.69. The van der Waals surface area contributed by atoms with Gasteiger partial charge < -0.3 is 19.9 Å². The summed E-state index contributed by atoms with van der Waals surface area (Å²) in [6, 6.07) is 8.57. The van der Waals surface area contributed by atoms with Crippen molar-refractivity contribution in [1.82, 2.24) is 20.2 Å². The largest absolute Gasteiger partial charge is 0.378 e. The lowest BCUT2D eigenvalue weighted by Gasteiger charge is -2.37. The summed E-state index contributed by atoms with van der Waals surface area (Å²) >= 11 is 0. The molecule has 0 unspecified atom stereocenters. The van der Waals surface area contributed by atoms with Gasteiger partial charge in [-0.25, -0.2) is 14.8 Å². The van der Waals surface area contributed by atoms with Crippen molar-refractivity contribution in [3.8, 4) is 0 Å². The monoisotopic (exact) mass is 425 g/mol. The Labute approximate surface area is 185 Å². The van der Waals surface area contributed by atoms with Gasteiger partial charge in [0.05, 0.1) is 12.3 Å². The van der Waals surface area contributed by atoms with Crippen molar-refractivity contribution >= 4 is 11.8 Å². The number of benzene rings is 1. The van der Waals surface area contributed by atoms with Gasteiger partial charge in [-0.2, -0.15) is 0 Å². The van der Waals surface area contributed by atoms with E-state index in [1.54, 1.807) is 7.11 Å². The Morgan fingerprint density at radius 1 is 1.06 bits per heavy atom. The minimum atomic E-state index is -0.242. The number of nitrogens with one attached hydrogen (secondary N) is 1. The third-order valence-corrected chi connectivity index (χ3v) is 5.31. The number of rotatable bonds is 5. The minimum Gasteiger partial charge on any atom is -0.378 e. The van der Waals surface area contributed by atoms with Crippen molar-refractivity contribution in [3.63, 3.8) is 0 Å². The number of aryl methyl sites for hydroxylation is 2. The van der Waals surface area contributed by atoms with Gasteiger partial charge in [0.25, 0.3) is 0 Å². The summed E-state index contributed by atoms with van der Waals surface area (Å²) in [5, 5.41) is 3.05. The number of hydrogen-bond donors (Lipinski definition) is 1. The Morgan fingerprint density at radius 2 is 1.71 bits per heavy atom. The number of ether oxygens (including phenoxy) is 1. The molecule has 1 aliphatic heterocycles. The third kappa shape index (κ3) is 6.17. The number of aromatic nitrogens is 2. The van der Waals surface area contributed by atoms with E-state index in [-0.39, 0.29) is 11.6 Å². The van der Waals surface area contributed by atoms with Crippen LogP contribution in [0.4, 0.5) is 10.6 Å². The van der Waals surface area contributed by atoms with E-state index in [4.69, 9.17) is 9.72 Å². The number of amides is 2. The molecule has 0 spiro atoms. The first-order chi connectivity index (χ1) is 14.7. The van der Waals surface area contributed by atoms with Crippen LogP contribution in [0.1, 0.15) is 49.0 Å². The van der Waals surface area contributed by atoms with E-state index in [1.165, 1.54) is 11.1 Å². The Balaban J connectivity index is 1.83. The van der Waals surface area contributed by atoms with Gasteiger partial charge in [0.2, 0.25) is 0 Å². The van der Waals surface area contributed by atoms with Crippen LogP contribution in [0.15, 0.2) is 24.3 Å². The standard InChI is InChI=1S/C24H35N5O2/c1-17-7-9-19(10-8-17)15-20-21(16-31-6)25-18(2)26-22(20)28-11-13-29(14-12-28)23(30)27-24(3,4)5/h7-10H,11-16H2,1-6H3,(H,27,30). The van der Waals surface area contributed by atoms with E-state index in [2.05, 4.69) is 46.4 Å². The third-order valence-electron chi connectivity index (χ3n) is 5.31. The van der Waals surface area contributed by atoms with Crippen LogP contribution in [0.25, 0.3) is 0 Å². The number of carbonyl (C=O) groups excluding carboxylic acids is 1. The average Bonchev–Trinajstić information content (AvgIpc) is 2.70. The van der Waals surface area contributed by atoms with Crippen molar-refractivity contribution in [3.05, 3.63) is 52.5 Å². The zero-order valence-corrected chi connectivity index (χ0v) is 19.7. The van der Waals surface area contributed by atoms with Crippen LogP contribution in [-0.2, 0) is 17.8 Å². The summed E-state index contributed by atoms with van der Waals surface area (Å²) in [6.45, 7) is 13.3. The molecule has 1 aromatic heterocycles. The molecule has 2 heterocycles. The van der Waals surface area contributed by atoms with Crippen molar-refractivity contribution in [2.45, 2.75) is 53.2 Å². The molecule has 0 saturated carbocycles. The van der Waals surface area contributed by atoms with Crippen LogP contribution in [0.3, 0.4) is 0 Å². The van der Waals surface area contributed by atoms with Crippen LogP contribution in [0, 0.1) is 13.8 Å². The minimum absolute atomic E-state index is 0.00836. The van der Waals surface area contributed by atoms with E-state index in [0.29, 0.717) is 19.7 Å². The molecular formula is C24H35N5O2. The van der Waals surface area contributed by atoms with Crippen LogP contribution < -0.4 is 10.2 Å². The Bertz CT molecular complexity index is 897. The lowest BCUT2D eigenvalue weighted by atomic mass is 10.0. The molecule has 168 valence electrons. The van der Waals surface area contributed by atoms with Gasteiger partial charge in [-0.1, -0.05) is 29.8 Å². The van der Waals surface area contributed by atoms with Crippen molar-refractivity contribution in [2.75, 3.05) is 38.2 Å². The van der Waals surface area contributed by atoms with Gasteiger partial charge in [0.1, 0.15) is 11.6 Å². The maximum absolute atomic E-state index is 12.5. The molecule has 2 aromatic rings. The van der Waals surface area contributed by atoms with Gasteiger partial charge >= 0.3 is 6.03 Å². The SMILES string of the molecule is COCc1nc(C)nc(N2CCN(C(=O)NC(C)(C)C)CC2)c1Cc1ccc(C)cc1. The lowest BCUT2D eigenvalue weighted by Crippen LogP contribution is -2.55. The Hall–Kier alpha value is -2.67. The molecule has 3 rings (SSSR count). The van der Waals surface area contributed by atoms with Crippen molar-refractivity contribution in [2.24, 2.45) is 0 Å². The second-order valence-electron chi connectivity index (χ2n) is 9.27. The number of nitrogens with zero attached hydrogens (tertiary/aromatic N) is 4. The number of hydrogen-bond acceptors (Lipinski definition) is 5. The molecule has 0 aliphatic carbocycles. The highest BCUT2D eigenvalue weighted by atomic mass is 16.5. The fourth-order valence-electron chi connectivity index (χ4n) is 3.77. The number of piperazine rings is 1. The molecule has 7 heteroatoms. The number of methoxy groups -OCH3 is 1. The van der Waals surface area contributed by atoms with Crippen LogP contribution in [-0.4, -0.2) is 59.7 Å². The first-order valence-electron chi connectivity index (χ1n) is 10.9. The summed E-state index contributed by atoms with van der Waals surface area (Å²) in [5.74, 6) is 1.69. The number of urea groups is 1. The van der Waals surface area contributed by atoms with Crippen molar-refractivity contribution in [1.29, 1.82) is 0 Å². The Morgan fingerprint density at radius 3 is 2.29 bits per heavy atom. The first kappa shape index (κ1) is 23.0. The zero-order chi connectivity index (χ0) is 22.6. The first-order valence-corrected chi connectivity index (χ1v) is 10.9. The van der Waals surface area contributed by atoms with E-state index >= 15 is 0 Å². The highest BCUT2D eigenvalue weighted by Gasteiger charge is 2.27. The number of anilines is 1. The summed E-state index contributed by atoms with van der Waals surface area (Å²) in [6.07, 6.45) is 0.749. The Kier molecular flexibility index (Phi) is 7.15. The van der Waals surface area contributed by atoms with Crippen LogP contribution in [0.2, 0.25) is 0 Å². The fourth-order valence-corrected chi connectivity index (χ4v) is 3.77. The summed E-state index contributed by atoms with van der Waals surface area (Å²) in [4.78, 5) is 26.2. The van der Waals surface area contributed by atoms with E-state index in [9.17, 15) is 4.79 Å². The van der Waals surface area contributed by atoms with Gasteiger partial charge in [-0.3, -0.25) is 0 Å². The molecule has 1 N–H and O–H groups in total. The maximum Gasteiger partial charge on any atom is 0.317 e. The van der Waals surface area contributed by atoms with Crippen LogP contribution >= 0.6 is 0 Å². The van der Waals surface area contributed by atoms with E-state index < -0.39 is 0 Å². The molecule has 1 aliphatic rings. The van der Waals surface area contributed by atoms with E-state index in [1.807, 2.05) is 32.6 Å². The highest BCUT2D eigenvalue weighted by molar-refractivity contribution is 5.75. The normalized spacial score (nSPS) is 14.6. The smallest absolute Gasteiger partial charge is 0.317 e. The zero-order valence-electron chi connectivity index (χ0n) is 19.7. The van der Waals surface area contributed by atoms with E-state index in [0.717, 1.165) is 42.4 Å². The fraction of sp³-hybridized carbons (Fsp3) is 0.542. The molecule has 31 heavy (non-hydrogen) atoms. The van der Waals surface area contributed by atoms with Gasteiger partial charge in [0.15, 0.2) is 0 Å². The molecule has 0 bridgehead atoms. The topological polar surface area (TPSA) is 70.6 Å². The average molecular weight is 426 g/mol. The predicted molar refractivity (Wildman–Crippen MR) is 124 cm³/mol. The molecule has 7 nitrogen and oxygen atoms in total. The molecule has 0 radical (unpaired) electrons. The van der Waals surface area contributed by atoms with Crippen molar-refractivity contribution < 1.29 is 9.53 Å². The van der Waals surface area contributed by atoms with Gasteiger partial charge in [-0.15, -0.1) is 0 Å². The quantitative estimate of drug-likeness (QED) is 0.794. The van der Waals surface area contributed by atoms with Gasteiger partial charge in [0, 0.05) is 50.8 Å². The lowest BCUT2D eigenvalue weighted by molar-refractivity contribution is 0.180. The molecule has 1 aromatic carbocycles. The summed E-state index contributed by atoms with van der Waals surface area (Å²) in [5.41, 5.74) is 4.25. The molecule has 1 fully saturated rings. The number of carbonyl (C=O) groups is 1. The van der Waals surface area contributed by atoms with Crippen LogP contribution in [0.5, 0.6) is 0 Å². The second-order valence-corrected chi connectivity index (χ2v) is 9.27. The molecule has 2 amide bonds. The second kappa shape index (κ2) is 9.64.